The lowest BCUT2D eigenvalue weighted by Gasteiger charge is -2.40. The summed E-state index contributed by atoms with van der Waals surface area (Å²) in [7, 11) is 2.13. The minimum atomic E-state index is 0.720. The van der Waals surface area contributed by atoms with E-state index >= 15 is 0 Å². The van der Waals surface area contributed by atoms with Gasteiger partial charge in [0.1, 0.15) is 0 Å². The lowest BCUT2D eigenvalue weighted by atomic mass is 9.88. The molecule has 0 saturated heterocycles. The van der Waals surface area contributed by atoms with Crippen LogP contribution in [-0.2, 0) is 0 Å². The zero-order valence-electron chi connectivity index (χ0n) is 11.6. The van der Waals surface area contributed by atoms with Crippen LogP contribution in [0.15, 0.2) is 0 Å². The first kappa shape index (κ1) is 14.0. The normalized spacial score (nSPS) is 28.3. The molecule has 0 aromatic rings. The zero-order chi connectivity index (χ0) is 12.0. The van der Waals surface area contributed by atoms with E-state index in [9.17, 15) is 0 Å². The van der Waals surface area contributed by atoms with Crippen molar-refractivity contribution in [3.05, 3.63) is 0 Å². The third-order valence-electron chi connectivity index (χ3n) is 4.22. The molecule has 1 aliphatic rings. The van der Waals surface area contributed by atoms with Crippen LogP contribution in [0, 0.1) is 5.92 Å². The van der Waals surface area contributed by atoms with Crippen LogP contribution in [0.2, 0.25) is 0 Å². The van der Waals surface area contributed by atoms with Gasteiger partial charge in [0.05, 0.1) is 0 Å². The van der Waals surface area contributed by atoms with Gasteiger partial charge < -0.3 is 5.32 Å². The van der Waals surface area contributed by atoms with Crippen molar-refractivity contribution in [1.82, 2.24) is 10.2 Å². The van der Waals surface area contributed by atoms with Gasteiger partial charge in [0.2, 0.25) is 0 Å². The Morgan fingerprint density at radius 1 is 1.25 bits per heavy atom. The van der Waals surface area contributed by atoms with Crippen molar-refractivity contribution >= 4 is 0 Å². The molecule has 0 amide bonds. The van der Waals surface area contributed by atoms with Gasteiger partial charge >= 0.3 is 0 Å². The summed E-state index contributed by atoms with van der Waals surface area (Å²) in [5.74, 6) is 0.833. The fraction of sp³-hybridized carbons (Fsp3) is 1.00. The Balaban J connectivity index is 2.54. The lowest BCUT2D eigenvalue weighted by Crippen LogP contribution is -2.51. The number of hydrogen-bond acceptors (Lipinski definition) is 2. The molecule has 1 saturated carbocycles. The fourth-order valence-electron chi connectivity index (χ4n) is 2.91. The van der Waals surface area contributed by atoms with Crippen molar-refractivity contribution in [2.24, 2.45) is 5.92 Å². The average Bonchev–Trinajstić information content (AvgIpc) is 2.35. The molecule has 1 fully saturated rings. The van der Waals surface area contributed by atoms with Crippen molar-refractivity contribution in [2.75, 3.05) is 20.1 Å². The molecule has 0 radical (unpaired) electrons. The quantitative estimate of drug-likeness (QED) is 0.749. The summed E-state index contributed by atoms with van der Waals surface area (Å²) >= 11 is 0. The molecule has 0 heterocycles. The molecule has 0 bridgehead atoms. The van der Waals surface area contributed by atoms with Crippen LogP contribution in [0.3, 0.4) is 0 Å². The molecule has 3 unspecified atom stereocenters. The first-order chi connectivity index (χ1) is 7.72. The van der Waals surface area contributed by atoms with Gasteiger partial charge in [-0.2, -0.15) is 0 Å². The number of nitrogens with zero attached hydrogens (tertiary/aromatic N) is 1. The second-order valence-corrected chi connectivity index (χ2v) is 5.35. The molecule has 3 atom stereocenters. The molecule has 0 aromatic heterocycles. The van der Waals surface area contributed by atoms with Crippen LogP contribution in [0.1, 0.15) is 52.9 Å². The van der Waals surface area contributed by atoms with Gasteiger partial charge in [-0.05, 0) is 32.4 Å². The van der Waals surface area contributed by atoms with E-state index in [0.29, 0.717) is 0 Å². The zero-order valence-corrected chi connectivity index (χ0v) is 11.6. The first-order valence-electron chi connectivity index (χ1n) is 7.14. The predicted molar refractivity (Wildman–Crippen MR) is 71.8 cm³/mol. The van der Waals surface area contributed by atoms with Crippen LogP contribution >= 0.6 is 0 Å². The van der Waals surface area contributed by atoms with Gasteiger partial charge in [-0.1, -0.05) is 40.0 Å². The largest absolute Gasteiger partial charge is 0.315 e. The van der Waals surface area contributed by atoms with Gasteiger partial charge in [0.25, 0.3) is 0 Å². The van der Waals surface area contributed by atoms with Crippen LogP contribution in [0.5, 0.6) is 0 Å². The van der Waals surface area contributed by atoms with E-state index in [0.717, 1.165) is 18.0 Å². The summed E-state index contributed by atoms with van der Waals surface area (Å²) < 4.78 is 0. The standard InChI is InChI=1S/C14H30N2/c1-5-12(3)11-16(6-2)14-10-8-7-9-13(14)15-4/h12-15H,5-11H2,1-4H3. The van der Waals surface area contributed by atoms with Gasteiger partial charge in [-0.25, -0.2) is 0 Å². The molecule has 96 valence electrons. The summed E-state index contributed by atoms with van der Waals surface area (Å²) in [6.07, 6.45) is 6.87. The molecule has 0 aliphatic heterocycles. The Labute approximate surface area is 102 Å². The molecule has 0 aromatic carbocycles. The molecular weight excluding hydrogens is 196 g/mol. The predicted octanol–water partition coefficient (Wildman–Crippen LogP) is 2.89. The Bertz CT molecular complexity index is 182. The first-order valence-corrected chi connectivity index (χ1v) is 7.14. The summed E-state index contributed by atoms with van der Waals surface area (Å²) in [6, 6.07) is 1.50. The second-order valence-electron chi connectivity index (χ2n) is 5.35. The maximum absolute atomic E-state index is 3.52. The van der Waals surface area contributed by atoms with Crippen molar-refractivity contribution in [3.63, 3.8) is 0 Å². The Morgan fingerprint density at radius 2 is 1.94 bits per heavy atom. The van der Waals surface area contributed by atoms with E-state index in [-0.39, 0.29) is 0 Å². The van der Waals surface area contributed by atoms with Crippen molar-refractivity contribution < 1.29 is 0 Å². The lowest BCUT2D eigenvalue weighted by molar-refractivity contribution is 0.114. The van der Waals surface area contributed by atoms with Crippen LogP contribution in [0.4, 0.5) is 0 Å². The van der Waals surface area contributed by atoms with E-state index in [2.05, 4.69) is 38.0 Å². The SMILES string of the molecule is CCC(C)CN(CC)C1CCCCC1NC. The highest BCUT2D eigenvalue weighted by molar-refractivity contribution is 4.87. The Kier molecular flexibility index (Phi) is 6.37. The van der Waals surface area contributed by atoms with Crippen molar-refractivity contribution in [1.29, 1.82) is 0 Å². The topological polar surface area (TPSA) is 15.3 Å². The van der Waals surface area contributed by atoms with Crippen molar-refractivity contribution in [2.45, 2.75) is 65.0 Å². The number of hydrogen-bond donors (Lipinski definition) is 1. The average molecular weight is 226 g/mol. The highest BCUT2D eigenvalue weighted by atomic mass is 15.2. The van der Waals surface area contributed by atoms with E-state index in [1.165, 1.54) is 45.2 Å². The van der Waals surface area contributed by atoms with E-state index in [4.69, 9.17) is 0 Å². The van der Waals surface area contributed by atoms with Crippen LogP contribution < -0.4 is 5.32 Å². The summed E-state index contributed by atoms with van der Waals surface area (Å²) in [4.78, 5) is 2.70. The van der Waals surface area contributed by atoms with E-state index in [1.807, 2.05) is 0 Å². The highest BCUT2D eigenvalue weighted by Crippen LogP contribution is 2.24. The highest BCUT2D eigenvalue weighted by Gasteiger charge is 2.28. The van der Waals surface area contributed by atoms with Crippen molar-refractivity contribution in [3.8, 4) is 0 Å². The maximum Gasteiger partial charge on any atom is 0.0249 e. The summed E-state index contributed by atoms with van der Waals surface area (Å²) in [6.45, 7) is 9.46. The van der Waals surface area contributed by atoms with Gasteiger partial charge in [0, 0.05) is 18.6 Å². The summed E-state index contributed by atoms with van der Waals surface area (Å²) in [5.41, 5.74) is 0. The van der Waals surface area contributed by atoms with Gasteiger partial charge in [0.15, 0.2) is 0 Å². The molecule has 1 rings (SSSR count). The molecule has 2 heteroatoms. The fourth-order valence-corrected chi connectivity index (χ4v) is 2.91. The van der Waals surface area contributed by atoms with Crippen LogP contribution in [-0.4, -0.2) is 37.1 Å². The minimum Gasteiger partial charge on any atom is -0.315 e. The second kappa shape index (κ2) is 7.29. The molecular formula is C14H30N2. The third-order valence-corrected chi connectivity index (χ3v) is 4.22. The maximum atomic E-state index is 3.52. The van der Waals surface area contributed by atoms with E-state index in [1.54, 1.807) is 0 Å². The van der Waals surface area contributed by atoms with E-state index < -0.39 is 0 Å². The third kappa shape index (κ3) is 3.74. The molecule has 16 heavy (non-hydrogen) atoms. The Morgan fingerprint density at radius 3 is 2.50 bits per heavy atom. The smallest absolute Gasteiger partial charge is 0.0249 e. The number of likely N-dealkylation sites (N-methyl/N-ethyl adjacent to an activating group) is 2. The van der Waals surface area contributed by atoms with Crippen LogP contribution in [0.25, 0.3) is 0 Å². The summed E-state index contributed by atoms with van der Waals surface area (Å²) in [5, 5.41) is 3.52. The van der Waals surface area contributed by atoms with Gasteiger partial charge in [-0.3, -0.25) is 4.90 Å². The minimum absolute atomic E-state index is 0.720. The number of nitrogens with one attached hydrogen (secondary N) is 1. The van der Waals surface area contributed by atoms with Gasteiger partial charge in [-0.15, -0.1) is 0 Å². The molecule has 1 N–H and O–H groups in total. The number of rotatable bonds is 6. The Hall–Kier alpha value is -0.0800. The molecule has 0 spiro atoms. The molecule has 1 aliphatic carbocycles. The monoisotopic (exact) mass is 226 g/mol. The molecule has 2 nitrogen and oxygen atoms in total.